The van der Waals surface area contributed by atoms with Gasteiger partial charge in [-0.1, -0.05) is 31.5 Å². The number of hydrogen-bond acceptors (Lipinski definition) is 3. The number of amides is 1. The van der Waals surface area contributed by atoms with E-state index >= 15 is 0 Å². The van der Waals surface area contributed by atoms with Crippen LogP contribution >= 0.6 is 0 Å². The van der Waals surface area contributed by atoms with Crippen molar-refractivity contribution in [3.05, 3.63) is 30.0 Å². The van der Waals surface area contributed by atoms with E-state index in [1.807, 2.05) is 31.3 Å². The van der Waals surface area contributed by atoms with Gasteiger partial charge in [0.25, 0.3) is 0 Å². The van der Waals surface area contributed by atoms with Crippen LogP contribution in [0.15, 0.2) is 24.3 Å². The van der Waals surface area contributed by atoms with Gasteiger partial charge in [0.15, 0.2) is 0 Å². The number of nitrogens with one attached hydrogen (secondary N) is 1. The Kier molecular flexibility index (Phi) is 4.79. The van der Waals surface area contributed by atoms with Crippen LogP contribution in [0.5, 0.6) is 0 Å². The summed E-state index contributed by atoms with van der Waals surface area (Å²) in [4.78, 5) is 24.4. The monoisotopic (exact) mass is 343 g/mol. The van der Waals surface area contributed by atoms with Crippen molar-refractivity contribution in [2.45, 2.75) is 51.0 Å². The molecule has 1 aliphatic rings. The Morgan fingerprint density at radius 3 is 2.64 bits per heavy atom. The number of para-hydroxylation sites is 1. The Labute approximate surface area is 147 Å². The van der Waals surface area contributed by atoms with Crippen molar-refractivity contribution < 1.29 is 14.7 Å². The summed E-state index contributed by atoms with van der Waals surface area (Å²) in [6, 6.07) is 7.73. The maximum absolute atomic E-state index is 12.6. The molecular formula is C19H25N3O3. The van der Waals surface area contributed by atoms with E-state index < -0.39 is 11.5 Å². The molecule has 0 spiro atoms. The van der Waals surface area contributed by atoms with Crippen LogP contribution in [0.1, 0.15) is 44.7 Å². The third-order valence-electron chi connectivity index (χ3n) is 5.49. The third kappa shape index (κ3) is 3.38. The molecule has 1 fully saturated rings. The van der Waals surface area contributed by atoms with Gasteiger partial charge in [-0.25, -0.2) is 4.79 Å². The fourth-order valence-corrected chi connectivity index (χ4v) is 3.85. The molecule has 1 amide bonds. The molecule has 1 aromatic carbocycles. The lowest BCUT2D eigenvalue weighted by Crippen LogP contribution is -2.56. The molecule has 1 aromatic heterocycles. The Morgan fingerprint density at radius 1 is 1.32 bits per heavy atom. The summed E-state index contributed by atoms with van der Waals surface area (Å²) in [5.41, 5.74) is 0.507. The number of hydrogen-bond donors (Lipinski definition) is 2. The number of carboxylic acids is 1. The average molecular weight is 343 g/mol. The zero-order chi connectivity index (χ0) is 18.0. The molecule has 0 radical (unpaired) electrons. The van der Waals surface area contributed by atoms with Gasteiger partial charge in [0, 0.05) is 12.4 Å². The van der Waals surface area contributed by atoms with Gasteiger partial charge in [-0.2, -0.15) is 5.10 Å². The highest BCUT2D eigenvalue weighted by molar-refractivity contribution is 5.91. The van der Waals surface area contributed by atoms with Gasteiger partial charge in [-0.05, 0) is 37.7 Å². The van der Waals surface area contributed by atoms with Crippen molar-refractivity contribution >= 4 is 22.8 Å². The van der Waals surface area contributed by atoms with Crippen molar-refractivity contribution in [1.82, 2.24) is 15.1 Å². The first-order valence-corrected chi connectivity index (χ1v) is 8.90. The summed E-state index contributed by atoms with van der Waals surface area (Å²) >= 11 is 0. The summed E-state index contributed by atoms with van der Waals surface area (Å²) in [6.45, 7) is 2.13. The molecule has 2 aromatic rings. The molecule has 3 rings (SSSR count). The minimum atomic E-state index is -1.13. The van der Waals surface area contributed by atoms with Crippen LogP contribution in [0.4, 0.5) is 0 Å². The lowest BCUT2D eigenvalue weighted by molar-refractivity contribution is -0.149. The third-order valence-corrected chi connectivity index (χ3v) is 5.49. The van der Waals surface area contributed by atoms with Crippen molar-refractivity contribution in [3.8, 4) is 0 Å². The molecule has 134 valence electrons. The number of carbonyl (C=O) groups excluding carboxylic acids is 1. The number of benzene rings is 1. The van der Waals surface area contributed by atoms with Gasteiger partial charge < -0.3 is 10.4 Å². The maximum atomic E-state index is 12.6. The van der Waals surface area contributed by atoms with E-state index in [2.05, 4.69) is 17.3 Å². The van der Waals surface area contributed by atoms with Crippen LogP contribution in [0.3, 0.4) is 0 Å². The van der Waals surface area contributed by atoms with Crippen LogP contribution < -0.4 is 5.32 Å². The smallest absolute Gasteiger partial charge is 0.329 e. The minimum absolute atomic E-state index is 0.0909. The van der Waals surface area contributed by atoms with Crippen molar-refractivity contribution in [3.63, 3.8) is 0 Å². The zero-order valence-electron chi connectivity index (χ0n) is 14.8. The van der Waals surface area contributed by atoms with Crippen LogP contribution in [-0.2, 0) is 23.1 Å². The number of aromatic nitrogens is 2. The first-order valence-electron chi connectivity index (χ1n) is 8.90. The van der Waals surface area contributed by atoms with Gasteiger partial charge in [0.2, 0.25) is 5.91 Å². The van der Waals surface area contributed by atoms with Gasteiger partial charge in [-0.3, -0.25) is 9.48 Å². The fourth-order valence-electron chi connectivity index (χ4n) is 3.85. The molecule has 6 nitrogen and oxygen atoms in total. The van der Waals surface area contributed by atoms with Gasteiger partial charge in [-0.15, -0.1) is 0 Å². The molecule has 25 heavy (non-hydrogen) atoms. The largest absolute Gasteiger partial charge is 0.480 e. The molecule has 1 aliphatic carbocycles. The Balaban J connectivity index is 1.75. The molecule has 0 atom stereocenters. The van der Waals surface area contributed by atoms with Gasteiger partial charge in [0.05, 0.1) is 17.6 Å². The normalized spacial score (nSPS) is 23.5. The quantitative estimate of drug-likeness (QED) is 0.874. The standard InChI is InChI=1S/C19H25N3O3/c1-3-13-8-10-19(11-9-13,18(24)25)20-17(23)12-15-14-6-4-5-7-16(14)22(2)21-15/h4-7,13H,3,8-12H2,1-2H3,(H,20,23)(H,24,25). The topological polar surface area (TPSA) is 84.2 Å². The van der Waals surface area contributed by atoms with Crippen LogP contribution in [-0.4, -0.2) is 32.3 Å². The molecular weight excluding hydrogens is 318 g/mol. The number of carboxylic acid groups (broad SMARTS) is 1. The summed E-state index contributed by atoms with van der Waals surface area (Å²) in [6.07, 6.45) is 3.83. The average Bonchev–Trinajstić information content (AvgIpc) is 2.91. The first kappa shape index (κ1) is 17.5. The van der Waals surface area contributed by atoms with E-state index in [4.69, 9.17) is 0 Å². The minimum Gasteiger partial charge on any atom is -0.480 e. The number of carbonyl (C=O) groups is 2. The first-order chi connectivity index (χ1) is 11.9. The molecule has 1 heterocycles. The number of rotatable bonds is 5. The zero-order valence-corrected chi connectivity index (χ0v) is 14.8. The lowest BCUT2D eigenvalue weighted by Gasteiger charge is -2.37. The molecule has 0 unspecified atom stereocenters. The number of nitrogens with zero attached hydrogens (tertiary/aromatic N) is 2. The molecule has 0 saturated heterocycles. The van der Waals surface area contributed by atoms with Crippen molar-refractivity contribution in [2.75, 3.05) is 0 Å². The van der Waals surface area contributed by atoms with Crippen molar-refractivity contribution in [2.24, 2.45) is 13.0 Å². The molecule has 2 N–H and O–H groups in total. The predicted octanol–water partition coefficient (Wildman–Crippen LogP) is 2.66. The van der Waals surface area contributed by atoms with Crippen LogP contribution in [0, 0.1) is 5.92 Å². The molecule has 6 heteroatoms. The molecule has 0 bridgehead atoms. The number of aliphatic carboxylic acids is 1. The fraction of sp³-hybridized carbons (Fsp3) is 0.526. The van der Waals surface area contributed by atoms with E-state index in [1.165, 1.54) is 0 Å². The predicted molar refractivity (Wildman–Crippen MR) is 95.2 cm³/mol. The second-order valence-electron chi connectivity index (χ2n) is 7.05. The van der Waals surface area contributed by atoms with E-state index in [0.717, 1.165) is 30.2 Å². The number of fused-ring (bicyclic) bond motifs is 1. The van der Waals surface area contributed by atoms with E-state index in [1.54, 1.807) is 4.68 Å². The highest BCUT2D eigenvalue weighted by Gasteiger charge is 2.42. The second-order valence-corrected chi connectivity index (χ2v) is 7.05. The van der Waals surface area contributed by atoms with E-state index in [0.29, 0.717) is 24.5 Å². The van der Waals surface area contributed by atoms with Crippen molar-refractivity contribution in [1.29, 1.82) is 0 Å². The molecule has 0 aliphatic heterocycles. The summed E-state index contributed by atoms with van der Waals surface area (Å²) in [7, 11) is 1.84. The van der Waals surface area contributed by atoms with Crippen LogP contribution in [0.2, 0.25) is 0 Å². The highest BCUT2D eigenvalue weighted by Crippen LogP contribution is 2.34. The maximum Gasteiger partial charge on any atom is 0.329 e. The summed E-state index contributed by atoms with van der Waals surface area (Å²) < 4.78 is 1.75. The summed E-state index contributed by atoms with van der Waals surface area (Å²) in [5, 5.41) is 17.9. The van der Waals surface area contributed by atoms with E-state index in [9.17, 15) is 14.7 Å². The lowest BCUT2D eigenvalue weighted by atomic mass is 9.75. The summed E-state index contributed by atoms with van der Waals surface area (Å²) in [5.74, 6) is -0.647. The van der Waals surface area contributed by atoms with Gasteiger partial charge >= 0.3 is 5.97 Å². The van der Waals surface area contributed by atoms with E-state index in [-0.39, 0.29) is 12.3 Å². The van der Waals surface area contributed by atoms with Gasteiger partial charge in [0.1, 0.15) is 5.54 Å². The number of aryl methyl sites for hydroxylation is 1. The Morgan fingerprint density at radius 2 is 2.00 bits per heavy atom. The highest BCUT2D eigenvalue weighted by atomic mass is 16.4. The Bertz CT molecular complexity index is 788. The van der Waals surface area contributed by atoms with Crippen LogP contribution in [0.25, 0.3) is 10.9 Å². The SMILES string of the molecule is CCC1CCC(NC(=O)Cc2nn(C)c3ccccc23)(C(=O)O)CC1. The Hall–Kier alpha value is -2.37. The molecule has 1 saturated carbocycles. The second kappa shape index (κ2) is 6.86.